The van der Waals surface area contributed by atoms with Crippen molar-refractivity contribution in [3.63, 3.8) is 0 Å². The van der Waals surface area contributed by atoms with Gasteiger partial charge in [-0.05, 0) is 18.6 Å². The van der Waals surface area contributed by atoms with Gasteiger partial charge in [-0.15, -0.1) is 0 Å². The SMILES string of the molecule is CCc1nccc2ccoc12. The predicted octanol–water partition coefficient (Wildman–Crippen LogP) is 2.39. The molecule has 0 spiro atoms. The molecular formula is C9H9NO. The van der Waals surface area contributed by atoms with Crippen molar-refractivity contribution < 1.29 is 4.42 Å². The molecular weight excluding hydrogens is 138 g/mol. The normalized spacial score (nSPS) is 10.6. The topological polar surface area (TPSA) is 26.0 Å². The number of pyridine rings is 1. The zero-order valence-corrected chi connectivity index (χ0v) is 6.37. The molecule has 0 N–H and O–H groups in total. The molecule has 11 heavy (non-hydrogen) atoms. The first kappa shape index (κ1) is 6.40. The second-order valence-electron chi connectivity index (χ2n) is 2.45. The van der Waals surface area contributed by atoms with Gasteiger partial charge in [0.05, 0.1) is 12.0 Å². The van der Waals surface area contributed by atoms with Gasteiger partial charge in [-0.3, -0.25) is 4.98 Å². The van der Waals surface area contributed by atoms with Crippen molar-refractivity contribution >= 4 is 11.0 Å². The number of fused-ring (bicyclic) bond motifs is 1. The largest absolute Gasteiger partial charge is 0.462 e. The van der Waals surface area contributed by atoms with Gasteiger partial charge >= 0.3 is 0 Å². The minimum atomic E-state index is 0.921. The van der Waals surface area contributed by atoms with E-state index in [-0.39, 0.29) is 0 Å². The Morgan fingerprint density at radius 2 is 2.36 bits per heavy atom. The first-order chi connectivity index (χ1) is 5.42. The fourth-order valence-electron chi connectivity index (χ4n) is 1.20. The van der Waals surface area contributed by atoms with Crippen molar-refractivity contribution in [3.8, 4) is 0 Å². The van der Waals surface area contributed by atoms with Crippen molar-refractivity contribution in [3.05, 3.63) is 30.3 Å². The minimum absolute atomic E-state index is 0.921. The lowest BCUT2D eigenvalue weighted by atomic mass is 10.2. The van der Waals surface area contributed by atoms with E-state index in [1.54, 1.807) is 6.26 Å². The van der Waals surface area contributed by atoms with E-state index in [9.17, 15) is 0 Å². The summed E-state index contributed by atoms with van der Waals surface area (Å²) in [4.78, 5) is 4.20. The van der Waals surface area contributed by atoms with E-state index in [0.29, 0.717) is 0 Å². The summed E-state index contributed by atoms with van der Waals surface area (Å²) < 4.78 is 5.28. The lowest BCUT2D eigenvalue weighted by molar-refractivity contribution is 0.608. The Bertz CT molecular complexity index is 364. The number of rotatable bonds is 1. The Hall–Kier alpha value is -1.31. The highest BCUT2D eigenvalue weighted by molar-refractivity contribution is 5.78. The van der Waals surface area contributed by atoms with Crippen molar-refractivity contribution in [1.82, 2.24) is 4.98 Å². The zero-order valence-electron chi connectivity index (χ0n) is 6.37. The van der Waals surface area contributed by atoms with E-state index in [4.69, 9.17) is 4.42 Å². The van der Waals surface area contributed by atoms with Gasteiger partial charge in [0.15, 0.2) is 5.58 Å². The summed E-state index contributed by atoms with van der Waals surface area (Å²) in [6.45, 7) is 2.07. The van der Waals surface area contributed by atoms with Gasteiger partial charge in [-0.1, -0.05) is 6.92 Å². The van der Waals surface area contributed by atoms with Crippen LogP contribution in [0.3, 0.4) is 0 Å². The van der Waals surface area contributed by atoms with Crippen LogP contribution in [0.15, 0.2) is 29.0 Å². The molecule has 0 radical (unpaired) electrons. The van der Waals surface area contributed by atoms with Crippen LogP contribution in [-0.4, -0.2) is 4.98 Å². The number of aryl methyl sites for hydroxylation is 1. The highest BCUT2D eigenvalue weighted by atomic mass is 16.3. The molecule has 0 saturated carbocycles. The molecule has 0 unspecified atom stereocenters. The van der Waals surface area contributed by atoms with Crippen LogP contribution in [0.5, 0.6) is 0 Å². The van der Waals surface area contributed by atoms with Crippen LogP contribution >= 0.6 is 0 Å². The summed E-state index contributed by atoms with van der Waals surface area (Å²) in [6, 6.07) is 3.91. The fraction of sp³-hybridized carbons (Fsp3) is 0.222. The van der Waals surface area contributed by atoms with E-state index in [0.717, 1.165) is 23.1 Å². The van der Waals surface area contributed by atoms with Gasteiger partial charge in [-0.25, -0.2) is 0 Å². The van der Waals surface area contributed by atoms with E-state index in [1.165, 1.54) is 0 Å². The fourth-order valence-corrected chi connectivity index (χ4v) is 1.20. The molecule has 0 bridgehead atoms. The number of hydrogen-bond donors (Lipinski definition) is 0. The molecule has 0 fully saturated rings. The number of nitrogens with zero attached hydrogens (tertiary/aromatic N) is 1. The third-order valence-corrected chi connectivity index (χ3v) is 1.78. The zero-order chi connectivity index (χ0) is 7.68. The van der Waals surface area contributed by atoms with Gasteiger partial charge in [-0.2, -0.15) is 0 Å². The predicted molar refractivity (Wildman–Crippen MR) is 43.4 cm³/mol. The molecule has 2 nitrogen and oxygen atoms in total. The summed E-state index contributed by atoms with van der Waals surface area (Å²) in [6.07, 6.45) is 4.44. The lowest BCUT2D eigenvalue weighted by Crippen LogP contribution is -1.84. The molecule has 2 heteroatoms. The smallest absolute Gasteiger partial charge is 0.155 e. The average molecular weight is 147 g/mol. The van der Waals surface area contributed by atoms with Gasteiger partial charge in [0.2, 0.25) is 0 Å². The quantitative estimate of drug-likeness (QED) is 0.619. The van der Waals surface area contributed by atoms with Crippen LogP contribution in [0.25, 0.3) is 11.0 Å². The number of furan rings is 1. The maximum Gasteiger partial charge on any atom is 0.155 e. The van der Waals surface area contributed by atoms with Crippen molar-refractivity contribution in [2.24, 2.45) is 0 Å². The number of aromatic nitrogens is 1. The molecule has 0 aliphatic rings. The molecule has 0 aliphatic carbocycles. The van der Waals surface area contributed by atoms with Crippen LogP contribution in [0, 0.1) is 0 Å². The number of hydrogen-bond acceptors (Lipinski definition) is 2. The highest BCUT2D eigenvalue weighted by Crippen LogP contribution is 2.17. The summed E-state index contributed by atoms with van der Waals surface area (Å²) in [5.41, 5.74) is 1.96. The monoisotopic (exact) mass is 147 g/mol. The Morgan fingerprint density at radius 3 is 3.18 bits per heavy atom. The summed E-state index contributed by atoms with van der Waals surface area (Å²) in [5.74, 6) is 0. The van der Waals surface area contributed by atoms with E-state index < -0.39 is 0 Å². The van der Waals surface area contributed by atoms with Gasteiger partial charge in [0.1, 0.15) is 0 Å². The molecule has 2 rings (SSSR count). The summed E-state index contributed by atoms with van der Waals surface area (Å²) in [7, 11) is 0. The van der Waals surface area contributed by atoms with Crippen LogP contribution in [0.2, 0.25) is 0 Å². The molecule has 0 atom stereocenters. The summed E-state index contributed by atoms with van der Waals surface area (Å²) in [5, 5.41) is 1.14. The molecule has 2 aromatic rings. The molecule has 0 amide bonds. The molecule has 2 heterocycles. The Kier molecular flexibility index (Phi) is 1.39. The second kappa shape index (κ2) is 2.38. The molecule has 2 aromatic heterocycles. The Morgan fingerprint density at radius 1 is 1.45 bits per heavy atom. The average Bonchev–Trinajstić information content (AvgIpc) is 2.50. The lowest BCUT2D eigenvalue weighted by Gasteiger charge is -1.94. The third-order valence-electron chi connectivity index (χ3n) is 1.78. The molecule has 0 aromatic carbocycles. The Labute approximate surface area is 64.9 Å². The maximum absolute atomic E-state index is 5.28. The van der Waals surface area contributed by atoms with Crippen LogP contribution < -0.4 is 0 Å². The maximum atomic E-state index is 5.28. The Balaban J connectivity index is 2.79. The molecule has 56 valence electrons. The first-order valence-electron chi connectivity index (χ1n) is 3.73. The molecule has 0 aliphatic heterocycles. The van der Waals surface area contributed by atoms with Gasteiger partial charge in [0, 0.05) is 11.6 Å². The second-order valence-corrected chi connectivity index (χ2v) is 2.45. The van der Waals surface area contributed by atoms with Crippen LogP contribution in [0.1, 0.15) is 12.6 Å². The third kappa shape index (κ3) is 0.909. The minimum Gasteiger partial charge on any atom is -0.462 e. The first-order valence-corrected chi connectivity index (χ1v) is 3.73. The van der Waals surface area contributed by atoms with Crippen molar-refractivity contribution in [1.29, 1.82) is 0 Å². The van der Waals surface area contributed by atoms with E-state index in [2.05, 4.69) is 11.9 Å². The highest BCUT2D eigenvalue weighted by Gasteiger charge is 2.01. The molecule has 0 saturated heterocycles. The van der Waals surface area contributed by atoms with E-state index in [1.807, 2.05) is 18.3 Å². The van der Waals surface area contributed by atoms with Crippen LogP contribution in [-0.2, 0) is 6.42 Å². The van der Waals surface area contributed by atoms with Gasteiger partial charge in [0.25, 0.3) is 0 Å². The van der Waals surface area contributed by atoms with Gasteiger partial charge < -0.3 is 4.42 Å². The van der Waals surface area contributed by atoms with Crippen molar-refractivity contribution in [2.45, 2.75) is 13.3 Å². The van der Waals surface area contributed by atoms with Crippen molar-refractivity contribution in [2.75, 3.05) is 0 Å². The van der Waals surface area contributed by atoms with Crippen LogP contribution in [0.4, 0.5) is 0 Å². The summed E-state index contributed by atoms with van der Waals surface area (Å²) >= 11 is 0. The van der Waals surface area contributed by atoms with E-state index >= 15 is 0 Å². The standard InChI is InChI=1S/C9H9NO/c1-2-8-9-7(3-5-10-8)4-6-11-9/h3-6H,2H2,1H3.